The predicted octanol–water partition coefficient (Wildman–Crippen LogP) is 4.27. The van der Waals surface area contributed by atoms with Crippen LogP contribution in [0.3, 0.4) is 0 Å². The maximum absolute atomic E-state index is 13.2. The van der Waals surface area contributed by atoms with Crippen molar-refractivity contribution in [3.8, 4) is 0 Å². The van der Waals surface area contributed by atoms with Crippen molar-refractivity contribution in [2.24, 2.45) is 0 Å². The summed E-state index contributed by atoms with van der Waals surface area (Å²) in [7, 11) is 0. The number of halogens is 2. The molecule has 0 saturated heterocycles. The zero-order valence-electron chi connectivity index (χ0n) is 16.0. The van der Waals surface area contributed by atoms with E-state index < -0.39 is 6.04 Å². The van der Waals surface area contributed by atoms with Crippen molar-refractivity contribution in [3.63, 3.8) is 0 Å². The molecule has 0 aromatic heterocycles. The first-order chi connectivity index (χ1) is 13.4. The summed E-state index contributed by atoms with van der Waals surface area (Å²) >= 11 is 7.45. The van der Waals surface area contributed by atoms with Crippen molar-refractivity contribution in [2.75, 3.05) is 12.3 Å². The molecule has 150 valence electrons. The molecule has 1 unspecified atom stereocenters. The standard InChI is InChI=1S/C21H24ClFN2O2S/c1-3-24-21(27)15(2)25(12-16-7-9-19(23)10-8-16)20(26)14-28-13-17-5-4-6-18(22)11-17/h4-11,15H,3,12-14H2,1-2H3,(H,24,27). The van der Waals surface area contributed by atoms with Crippen LogP contribution in [0, 0.1) is 5.82 Å². The molecule has 28 heavy (non-hydrogen) atoms. The summed E-state index contributed by atoms with van der Waals surface area (Å²) < 4.78 is 13.2. The van der Waals surface area contributed by atoms with E-state index in [0.29, 0.717) is 17.3 Å². The van der Waals surface area contributed by atoms with Crippen LogP contribution < -0.4 is 5.32 Å². The number of thioether (sulfide) groups is 1. The number of nitrogens with zero attached hydrogens (tertiary/aromatic N) is 1. The molecule has 1 N–H and O–H groups in total. The average molecular weight is 423 g/mol. The van der Waals surface area contributed by atoms with Crippen molar-refractivity contribution in [3.05, 3.63) is 70.5 Å². The Morgan fingerprint density at radius 1 is 1.18 bits per heavy atom. The van der Waals surface area contributed by atoms with E-state index in [9.17, 15) is 14.0 Å². The fraction of sp³-hybridized carbons (Fsp3) is 0.333. The van der Waals surface area contributed by atoms with Crippen LogP contribution in [0.5, 0.6) is 0 Å². The number of rotatable bonds is 9. The molecular formula is C21H24ClFN2O2S. The fourth-order valence-corrected chi connectivity index (χ4v) is 3.73. The van der Waals surface area contributed by atoms with Crippen LogP contribution in [-0.4, -0.2) is 35.1 Å². The first kappa shape index (κ1) is 22.2. The number of hydrogen-bond acceptors (Lipinski definition) is 3. The van der Waals surface area contributed by atoms with Gasteiger partial charge >= 0.3 is 0 Å². The van der Waals surface area contributed by atoms with Crippen molar-refractivity contribution < 1.29 is 14.0 Å². The van der Waals surface area contributed by atoms with E-state index >= 15 is 0 Å². The topological polar surface area (TPSA) is 49.4 Å². The summed E-state index contributed by atoms with van der Waals surface area (Å²) in [5.74, 6) is 0.187. The molecule has 0 bridgehead atoms. The zero-order valence-corrected chi connectivity index (χ0v) is 17.5. The predicted molar refractivity (Wildman–Crippen MR) is 113 cm³/mol. The molecule has 0 aliphatic rings. The van der Waals surface area contributed by atoms with Gasteiger partial charge in [-0.05, 0) is 49.2 Å². The molecule has 0 spiro atoms. The smallest absolute Gasteiger partial charge is 0.242 e. The van der Waals surface area contributed by atoms with Crippen LogP contribution in [0.2, 0.25) is 5.02 Å². The average Bonchev–Trinajstić information content (AvgIpc) is 2.67. The molecule has 4 nitrogen and oxygen atoms in total. The van der Waals surface area contributed by atoms with E-state index in [2.05, 4.69) is 5.32 Å². The molecule has 0 aliphatic heterocycles. The second-order valence-corrected chi connectivity index (χ2v) is 7.76. The molecule has 7 heteroatoms. The van der Waals surface area contributed by atoms with Crippen LogP contribution in [0.1, 0.15) is 25.0 Å². The third-order valence-electron chi connectivity index (χ3n) is 4.17. The van der Waals surface area contributed by atoms with Gasteiger partial charge in [0.05, 0.1) is 5.75 Å². The van der Waals surface area contributed by atoms with Gasteiger partial charge in [-0.15, -0.1) is 11.8 Å². The maximum atomic E-state index is 13.2. The van der Waals surface area contributed by atoms with Gasteiger partial charge in [-0.25, -0.2) is 4.39 Å². The second-order valence-electron chi connectivity index (χ2n) is 6.34. The van der Waals surface area contributed by atoms with Gasteiger partial charge in [0, 0.05) is 23.9 Å². The van der Waals surface area contributed by atoms with Gasteiger partial charge in [0.25, 0.3) is 0 Å². The Labute approximate surface area is 174 Å². The number of hydrogen-bond donors (Lipinski definition) is 1. The number of nitrogens with one attached hydrogen (secondary N) is 1. The molecular weight excluding hydrogens is 399 g/mol. The summed E-state index contributed by atoms with van der Waals surface area (Å²) in [6, 6.07) is 12.8. The Hall–Kier alpha value is -2.05. The Kier molecular flexibility index (Phi) is 8.80. The minimum absolute atomic E-state index is 0.143. The van der Waals surface area contributed by atoms with Crippen LogP contribution in [0.4, 0.5) is 4.39 Å². The highest BCUT2D eigenvalue weighted by Gasteiger charge is 2.25. The van der Waals surface area contributed by atoms with Gasteiger partial charge < -0.3 is 10.2 Å². The Morgan fingerprint density at radius 2 is 1.89 bits per heavy atom. The molecule has 0 aliphatic carbocycles. The Bertz CT molecular complexity index is 801. The third-order valence-corrected chi connectivity index (χ3v) is 5.39. The lowest BCUT2D eigenvalue weighted by molar-refractivity contribution is -0.138. The minimum atomic E-state index is -0.621. The van der Waals surface area contributed by atoms with Gasteiger partial charge in [0.2, 0.25) is 11.8 Å². The highest BCUT2D eigenvalue weighted by Crippen LogP contribution is 2.18. The summed E-state index contributed by atoms with van der Waals surface area (Å²) in [5, 5.41) is 3.41. The highest BCUT2D eigenvalue weighted by atomic mass is 35.5. The van der Waals surface area contributed by atoms with Crippen molar-refractivity contribution in [1.29, 1.82) is 0 Å². The molecule has 1 atom stereocenters. The van der Waals surface area contributed by atoms with E-state index in [1.165, 1.54) is 28.8 Å². The van der Waals surface area contributed by atoms with E-state index in [1.54, 1.807) is 25.1 Å². The lowest BCUT2D eigenvalue weighted by Gasteiger charge is -2.28. The Balaban J connectivity index is 2.04. The van der Waals surface area contributed by atoms with Gasteiger partial charge in [0.15, 0.2) is 0 Å². The van der Waals surface area contributed by atoms with Gasteiger partial charge in [-0.3, -0.25) is 9.59 Å². The highest BCUT2D eigenvalue weighted by molar-refractivity contribution is 7.99. The van der Waals surface area contributed by atoms with Crippen molar-refractivity contribution in [1.82, 2.24) is 10.2 Å². The number of likely N-dealkylation sites (N-methyl/N-ethyl adjacent to an activating group) is 1. The van der Waals surface area contributed by atoms with Crippen LogP contribution in [0.15, 0.2) is 48.5 Å². The summed E-state index contributed by atoms with van der Waals surface area (Å²) in [5.41, 5.74) is 1.80. The second kappa shape index (κ2) is 11.1. The lowest BCUT2D eigenvalue weighted by Crippen LogP contribution is -2.48. The number of amides is 2. The number of carbonyl (C=O) groups is 2. The summed E-state index contributed by atoms with van der Waals surface area (Å²) in [6.07, 6.45) is 0. The minimum Gasteiger partial charge on any atom is -0.355 e. The molecule has 0 radical (unpaired) electrons. The normalized spacial score (nSPS) is 11.7. The lowest BCUT2D eigenvalue weighted by atomic mass is 10.1. The quantitative estimate of drug-likeness (QED) is 0.656. The molecule has 0 heterocycles. The fourth-order valence-electron chi connectivity index (χ4n) is 2.66. The molecule has 0 saturated carbocycles. The SMILES string of the molecule is CCNC(=O)C(C)N(Cc1ccc(F)cc1)C(=O)CSCc1cccc(Cl)c1. The molecule has 0 fully saturated rings. The summed E-state index contributed by atoms with van der Waals surface area (Å²) in [6.45, 7) is 4.27. The summed E-state index contributed by atoms with van der Waals surface area (Å²) in [4.78, 5) is 26.7. The zero-order chi connectivity index (χ0) is 20.5. The van der Waals surface area contributed by atoms with E-state index in [4.69, 9.17) is 11.6 Å². The molecule has 2 aromatic rings. The van der Waals surface area contributed by atoms with E-state index in [-0.39, 0.29) is 29.9 Å². The number of carbonyl (C=O) groups excluding carboxylic acids is 2. The van der Waals surface area contributed by atoms with Crippen molar-refractivity contribution in [2.45, 2.75) is 32.2 Å². The van der Waals surface area contributed by atoms with Gasteiger partial charge in [-0.2, -0.15) is 0 Å². The van der Waals surface area contributed by atoms with Gasteiger partial charge in [-0.1, -0.05) is 35.9 Å². The molecule has 2 amide bonds. The Morgan fingerprint density at radius 3 is 2.54 bits per heavy atom. The first-order valence-electron chi connectivity index (χ1n) is 9.04. The monoisotopic (exact) mass is 422 g/mol. The van der Waals surface area contributed by atoms with Crippen LogP contribution in [-0.2, 0) is 21.9 Å². The third kappa shape index (κ3) is 6.84. The first-order valence-corrected chi connectivity index (χ1v) is 10.6. The number of benzene rings is 2. The van der Waals surface area contributed by atoms with Gasteiger partial charge in [0.1, 0.15) is 11.9 Å². The van der Waals surface area contributed by atoms with E-state index in [0.717, 1.165) is 11.1 Å². The maximum Gasteiger partial charge on any atom is 0.242 e. The van der Waals surface area contributed by atoms with E-state index in [1.807, 2.05) is 25.1 Å². The largest absolute Gasteiger partial charge is 0.355 e. The molecule has 2 aromatic carbocycles. The van der Waals surface area contributed by atoms with Crippen LogP contribution in [0.25, 0.3) is 0 Å². The van der Waals surface area contributed by atoms with Crippen molar-refractivity contribution >= 4 is 35.2 Å². The van der Waals surface area contributed by atoms with Crippen LogP contribution >= 0.6 is 23.4 Å². The molecule has 2 rings (SSSR count).